The van der Waals surface area contributed by atoms with Crippen molar-refractivity contribution < 1.29 is 14.8 Å². The van der Waals surface area contributed by atoms with Crippen LogP contribution in [0.3, 0.4) is 0 Å². The molecular formula is C10H12N2O4S. The summed E-state index contributed by atoms with van der Waals surface area (Å²) in [5, 5.41) is 19.8. The van der Waals surface area contributed by atoms with E-state index >= 15 is 0 Å². The third-order valence-electron chi connectivity index (χ3n) is 2.06. The molecule has 1 heterocycles. The molecule has 0 spiro atoms. The number of pyridine rings is 1. The molecule has 0 aliphatic carbocycles. The molecule has 1 aromatic heterocycles. The van der Waals surface area contributed by atoms with E-state index < -0.39 is 16.8 Å². The first kappa shape index (κ1) is 13.4. The van der Waals surface area contributed by atoms with Gasteiger partial charge < -0.3 is 5.11 Å². The molecule has 7 heteroatoms. The molecule has 6 nitrogen and oxygen atoms in total. The summed E-state index contributed by atoms with van der Waals surface area (Å²) in [6.07, 6.45) is 1.53. The van der Waals surface area contributed by atoms with Crippen LogP contribution in [-0.2, 0) is 4.79 Å². The predicted octanol–water partition coefficient (Wildman–Crippen LogP) is 2.11. The molecule has 1 aromatic rings. The van der Waals surface area contributed by atoms with Crippen molar-refractivity contribution in [3.63, 3.8) is 0 Å². The summed E-state index contributed by atoms with van der Waals surface area (Å²) >= 11 is 1.09. The van der Waals surface area contributed by atoms with Gasteiger partial charge in [0.15, 0.2) is 5.03 Å². The van der Waals surface area contributed by atoms with E-state index in [2.05, 4.69) is 4.98 Å². The molecule has 1 unspecified atom stereocenters. The van der Waals surface area contributed by atoms with Gasteiger partial charge >= 0.3 is 11.7 Å². The van der Waals surface area contributed by atoms with Crippen molar-refractivity contribution in [1.82, 2.24) is 4.98 Å². The van der Waals surface area contributed by atoms with Crippen LogP contribution in [0.4, 0.5) is 5.69 Å². The Morgan fingerprint density at radius 3 is 2.88 bits per heavy atom. The average molecular weight is 256 g/mol. The largest absolute Gasteiger partial charge is 0.481 e. The molecule has 1 N–H and O–H groups in total. The Bertz CT molecular complexity index is 450. The van der Waals surface area contributed by atoms with Crippen LogP contribution in [0.1, 0.15) is 12.5 Å². The minimum atomic E-state index is -0.924. The third-order valence-corrected chi connectivity index (χ3v) is 3.31. The standard InChI is InChI=1S/C10H12N2O4S/c1-6-3-8(12(15)16)9(11-4-6)17-5-7(2)10(13)14/h3-4,7H,5H2,1-2H3,(H,13,14). The van der Waals surface area contributed by atoms with Gasteiger partial charge in [0, 0.05) is 18.0 Å². The van der Waals surface area contributed by atoms with Gasteiger partial charge in [-0.1, -0.05) is 18.7 Å². The number of hydrogen-bond acceptors (Lipinski definition) is 5. The van der Waals surface area contributed by atoms with Gasteiger partial charge in [0.25, 0.3) is 0 Å². The topological polar surface area (TPSA) is 93.3 Å². The van der Waals surface area contributed by atoms with E-state index in [1.54, 1.807) is 13.8 Å². The molecule has 1 atom stereocenters. The highest BCUT2D eigenvalue weighted by molar-refractivity contribution is 7.99. The third kappa shape index (κ3) is 3.70. The highest BCUT2D eigenvalue weighted by atomic mass is 32.2. The molecule has 0 fully saturated rings. The lowest BCUT2D eigenvalue weighted by Gasteiger charge is -2.05. The number of thioether (sulfide) groups is 1. The van der Waals surface area contributed by atoms with E-state index in [4.69, 9.17) is 5.11 Å². The first-order chi connectivity index (χ1) is 7.91. The second-order valence-electron chi connectivity index (χ2n) is 3.64. The highest BCUT2D eigenvalue weighted by Gasteiger charge is 2.18. The number of rotatable bonds is 5. The van der Waals surface area contributed by atoms with Crippen molar-refractivity contribution in [1.29, 1.82) is 0 Å². The van der Waals surface area contributed by atoms with Crippen molar-refractivity contribution in [2.75, 3.05) is 5.75 Å². The Kier molecular flexibility index (Phi) is 4.45. The van der Waals surface area contributed by atoms with Gasteiger partial charge in [-0.3, -0.25) is 14.9 Å². The summed E-state index contributed by atoms with van der Waals surface area (Å²) in [6, 6.07) is 1.43. The van der Waals surface area contributed by atoms with Crippen LogP contribution in [0.2, 0.25) is 0 Å². The summed E-state index contributed by atoms with van der Waals surface area (Å²) < 4.78 is 0. The van der Waals surface area contributed by atoms with E-state index in [1.165, 1.54) is 12.3 Å². The molecule has 92 valence electrons. The summed E-state index contributed by atoms with van der Waals surface area (Å²) in [7, 11) is 0. The molecule has 0 aliphatic heterocycles. The smallest absolute Gasteiger partial charge is 0.307 e. The molecule has 0 radical (unpaired) electrons. The van der Waals surface area contributed by atoms with Crippen LogP contribution in [0.25, 0.3) is 0 Å². The maximum Gasteiger partial charge on any atom is 0.307 e. The van der Waals surface area contributed by atoms with E-state index in [1.807, 2.05) is 0 Å². The van der Waals surface area contributed by atoms with Crippen molar-refractivity contribution in [2.24, 2.45) is 5.92 Å². The minimum Gasteiger partial charge on any atom is -0.481 e. The quantitative estimate of drug-likeness (QED) is 0.492. The number of aryl methyl sites for hydroxylation is 1. The van der Waals surface area contributed by atoms with Gasteiger partial charge in [0.1, 0.15) is 0 Å². The Balaban J connectivity index is 2.84. The fraction of sp³-hybridized carbons (Fsp3) is 0.400. The summed E-state index contributed by atoms with van der Waals surface area (Å²) in [6.45, 7) is 3.27. The maximum absolute atomic E-state index is 10.8. The van der Waals surface area contributed by atoms with Crippen molar-refractivity contribution in [2.45, 2.75) is 18.9 Å². The van der Waals surface area contributed by atoms with Crippen LogP contribution < -0.4 is 0 Å². The number of aliphatic carboxylic acids is 1. The number of nitro groups is 1. The predicted molar refractivity (Wildman–Crippen MR) is 63.2 cm³/mol. The molecule has 0 amide bonds. The second kappa shape index (κ2) is 5.62. The monoisotopic (exact) mass is 256 g/mol. The first-order valence-electron chi connectivity index (χ1n) is 4.88. The van der Waals surface area contributed by atoms with Gasteiger partial charge in [-0.2, -0.15) is 0 Å². The molecule has 0 saturated heterocycles. The van der Waals surface area contributed by atoms with E-state index in [0.717, 1.165) is 11.8 Å². The Morgan fingerprint density at radius 2 is 2.35 bits per heavy atom. The zero-order chi connectivity index (χ0) is 13.0. The number of hydrogen-bond donors (Lipinski definition) is 1. The number of nitrogens with zero attached hydrogens (tertiary/aromatic N) is 2. The second-order valence-corrected chi connectivity index (χ2v) is 4.65. The highest BCUT2D eigenvalue weighted by Crippen LogP contribution is 2.28. The van der Waals surface area contributed by atoms with Crippen LogP contribution in [0.15, 0.2) is 17.3 Å². The van der Waals surface area contributed by atoms with Crippen molar-refractivity contribution >= 4 is 23.4 Å². The summed E-state index contributed by atoms with van der Waals surface area (Å²) in [4.78, 5) is 24.9. The lowest BCUT2D eigenvalue weighted by molar-refractivity contribution is -0.388. The Labute approximate surface area is 102 Å². The number of aromatic nitrogens is 1. The summed E-state index contributed by atoms with van der Waals surface area (Å²) in [5.41, 5.74) is 0.625. The Hall–Kier alpha value is -1.63. The van der Waals surface area contributed by atoms with Crippen molar-refractivity contribution in [3.8, 4) is 0 Å². The van der Waals surface area contributed by atoms with Crippen LogP contribution in [0.5, 0.6) is 0 Å². The van der Waals surface area contributed by atoms with E-state index in [-0.39, 0.29) is 16.5 Å². The van der Waals surface area contributed by atoms with Gasteiger partial charge in [-0.15, -0.1) is 0 Å². The van der Waals surface area contributed by atoms with Gasteiger partial charge in [0.05, 0.1) is 10.8 Å². The molecule has 1 rings (SSSR count). The number of carboxylic acids is 1. The zero-order valence-electron chi connectivity index (χ0n) is 9.41. The van der Waals surface area contributed by atoms with E-state index in [9.17, 15) is 14.9 Å². The van der Waals surface area contributed by atoms with Crippen LogP contribution in [0, 0.1) is 23.0 Å². The van der Waals surface area contributed by atoms with Crippen molar-refractivity contribution in [3.05, 3.63) is 27.9 Å². The first-order valence-corrected chi connectivity index (χ1v) is 5.87. The number of carboxylic acid groups (broad SMARTS) is 1. The number of carbonyl (C=O) groups is 1. The Morgan fingerprint density at radius 1 is 1.71 bits per heavy atom. The summed E-state index contributed by atoms with van der Waals surface area (Å²) in [5.74, 6) is -1.23. The van der Waals surface area contributed by atoms with Gasteiger partial charge in [-0.25, -0.2) is 4.98 Å². The fourth-order valence-electron chi connectivity index (χ4n) is 1.06. The van der Waals surface area contributed by atoms with Crippen LogP contribution >= 0.6 is 11.8 Å². The normalized spacial score (nSPS) is 12.1. The SMILES string of the molecule is Cc1cnc(SCC(C)C(=O)O)c([N+](=O)[O-])c1. The molecular weight excluding hydrogens is 244 g/mol. The lowest BCUT2D eigenvalue weighted by Crippen LogP contribution is -2.12. The minimum absolute atomic E-state index is 0.0763. The van der Waals surface area contributed by atoms with Crippen LogP contribution in [-0.4, -0.2) is 26.7 Å². The molecule has 0 aromatic carbocycles. The molecule has 17 heavy (non-hydrogen) atoms. The lowest BCUT2D eigenvalue weighted by atomic mass is 10.2. The average Bonchev–Trinajstić information content (AvgIpc) is 2.26. The fourth-order valence-corrected chi connectivity index (χ4v) is 2.02. The molecule has 0 aliphatic rings. The molecule has 0 saturated carbocycles. The van der Waals surface area contributed by atoms with Gasteiger partial charge in [-0.05, 0) is 12.5 Å². The van der Waals surface area contributed by atoms with Gasteiger partial charge in [0.2, 0.25) is 0 Å². The van der Waals surface area contributed by atoms with E-state index in [0.29, 0.717) is 5.56 Å². The zero-order valence-corrected chi connectivity index (χ0v) is 10.2. The molecule has 0 bridgehead atoms. The maximum atomic E-state index is 10.8.